The lowest BCUT2D eigenvalue weighted by Crippen LogP contribution is -2.46. The van der Waals surface area contributed by atoms with Crippen molar-refractivity contribution in [3.63, 3.8) is 0 Å². The van der Waals surface area contributed by atoms with Crippen molar-refractivity contribution >= 4 is 23.3 Å². The number of hydrogen-bond donors (Lipinski definition) is 0. The summed E-state index contributed by atoms with van der Waals surface area (Å²) in [5.74, 6) is 0.992. The van der Waals surface area contributed by atoms with E-state index in [-0.39, 0.29) is 18.5 Å². The molecule has 0 aromatic carbocycles. The second kappa shape index (κ2) is 7.61. The van der Waals surface area contributed by atoms with Gasteiger partial charge in [-0.05, 0) is 36.8 Å². The van der Waals surface area contributed by atoms with Crippen LogP contribution in [0.3, 0.4) is 0 Å². The third-order valence-electron chi connectivity index (χ3n) is 4.17. The molecule has 8 nitrogen and oxygen atoms in total. The van der Waals surface area contributed by atoms with E-state index in [1.165, 1.54) is 0 Å². The van der Waals surface area contributed by atoms with Gasteiger partial charge in [0.2, 0.25) is 11.8 Å². The first kappa shape index (κ1) is 16.6. The number of anilines is 1. The predicted octanol–water partition coefficient (Wildman–Crippen LogP) is 2.69. The maximum Gasteiger partial charge on any atom is 0.329 e. The van der Waals surface area contributed by atoms with Crippen LogP contribution in [-0.4, -0.2) is 38.7 Å². The van der Waals surface area contributed by atoms with E-state index in [2.05, 4.69) is 20.1 Å². The minimum atomic E-state index is -0.398. The molecule has 1 aliphatic heterocycles. The highest BCUT2D eigenvalue weighted by Crippen LogP contribution is 2.23. The standard InChI is InChI=1S/C17H17N5O3S/c23-16(13-4-1-2-8-22(13)17-18-6-3-7-19-17)24-10-14-20-15(21-25-14)12-5-9-26-11-12/h3,5-7,9,11,13H,1-2,4,8,10H2. The number of nitrogens with zero attached hydrogens (tertiary/aromatic N) is 5. The van der Waals surface area contributed by atoms with E-state index in [4.69, 9.17) is 9.26 Å². The molecular formula is C17H17N5O3S. The minimum absolute atomic E-state index is 0.0457. The van der Waals surface area contributed by atoms with Gasteiger partial charge in [0.05, 0.1) is 0 Å². The van der Waals surface area contributed by atoms with Gasteiger partial charge < -0.3 is 14.2 Å². The first-order chi connectivity index (χ1) is 12.8. The van der Waals surface area contributed by atoms with Gasteiger partial charge in [-0.1, -0.05) is 5.16 Å². The van der Waals surface area contributed by atoms with E-state index in [1.807, 2.05) is 21.7 Å². The Bertz CT molecular complexity index is 852. The van der Waals surface area contributed by atoms with E-state index in [1.54, 1.807) is 29.8 Å². The lowest BCUT2D eigenvalue weighted by atomic mass is 10.0. The Morgan fingerprint density at radius 2 is 2.23 bits per heavy atom. The molecule has 1 aliphatic rings. The van der Waals surface area contributed by atoms with Gasteiger partial charge in [-0.25, -0.2) is 14.8 Å². The number of piperidine rings is 1. The lowest BCUT2D eigenvalue weighted by Gasteiger charge is -2.33. The van der Waals surface area contributed by atoms with Gasteiger partial charge in [0, 0.05) is 29.9 Å². The summed E-state index contributed by atoms with van der Waals surface area (Å²) in [5.41, 5.74) is 0.885. The first-order valence-electron chi connectivity index (χ1n) is 8.37. The molecule has 1 fully saturated rings. The van der Waals surface area contributed by atoms with E-state index < -0.39 is 6.04 Å². The highest BCUT2D eigenvalue weighted by molar-refractivity contribution is 7.08. The number of thiophene rings is 1. The van der Waals surface area contributed by atoms with Crippen molar-refractivity contribution < 1.29 is 14.1 Å². The van der Waals surface area contributed by atoms with Crippen molar-refractivity contribution in [1.29, 1.82) is 0 Å². The van der Waals surface area contributed by atoms with Crippen LogP contribution in [0.15, 0.2) is 39.8 Å². The summed E-state index contributed by atoms with van der Waals surface area (Å²) < 4.78 is 10.6. The van der Waals surface area contributed by atoms with Crippen molar-refractivity contribution in [2.45, 2.75) is 31.9 Å². The maximum absolute atomic E-state index is 12.6. The van der Waals surface area contributed by atoms with Crippen molar-refractivity contribution in [3.8, 4) is 11.4 Å². The topological polar surface area (TPSA) is 94.2 Å². The summed E-state index contributed by atoms with van der Waals surface area (Å²) >= 11 is 1.55. The number of esters is 1. The molecule has 0 bridgehead atoms. The van der Waals surface area contributed by atoms with Crippen LogP contribution < -0.4 is 4.90 Å². The quantitative estimate of drug-likeness (QED) is 0.632. The molecule has 0 aliphatic carbocycles. The molecule has 0 amide bonds. The van der Waals surface area contributed by atoms with Crippen molar-refractivity contribution in [1.82, 2.24) is 20.1 Å². The van der Waals surface area contributed by atoms with E-state index in [9.17, 15) is 4.79 Å². The summed E-state index contributed by atoms with van der Waals surface area (Å²) in [4.78, 5) is 27.2. The van der Waals surface area contributed by atoms with Crippen LogP contribution in [0.25, 0.3) is 11.4 Å². The normalized spacial score (nSPS) is 17.2. The van der Waals surface area contributed by atoms with Crippen molar-refractivity contribution in [3.05, 3.63) is 41.2 Å². The SMILES string of the molecule is O=C(OCc1nc(-c2ccsc2)no1)C1CCCCN1c1ncccn1. The fourth-order valence-corrected chi connectivity index (χ4v) is 3.54. The zero-order valence-corrected chi connectivity index (χ0v) is 14.8. The number of carbonyl (C=O) groups excluding carboxylic acids is 1. The van der Waals surface area contributed by atoms with Crippen molar-refractivity contribution in [2.75, 3.05) is 11.4 Å². The van der Waals surface area contributed by atoms with Crippen LogP contribution in [0.2, 0.25) is 0 Å². The van der Waals surface area contributed by atoms with Gasteiger partial charge in [-0.15, -0.1) is 0 Å². The summed E-state index contributed by atoms with van der Waals surface area (Å²) in [6.07, 6.45) is 6.01. The number of rotatable bonds is 5. The molecule has 9 heteroatoms. The molecule has 4 rings (SSSR count). The molecule has 0 N–H and O–H groups in total. The Labute approximate surface area is 153 Å². The van der Waals surface area contributed by atoms with Crippen molar-refractivity contribution in [2.24, 2.45) is 0 Å². The fourth-order valence-electron chi connectivity index (χ4n) is 2.91. The summed E-state index contributed by atoms with van der Waals surface area (Å²) in [5, 5.41) is 7.78. The van der Waals surface area contributed by atoms with Crippen LogP contribution >= 0.6 is 11.3 Å². The third kappa shape index (κ3) is 3.57. The van der Waals surface area contributed by atoms with Gasteiger partial charge in [0.1, 0.15) is 6.04 Å². The molecule has 3 aromatic rings. The lowest BCUT2D eigenvalue weighted by molar-refractivity contribution is -0.148. The molecule has 4 heterocycles. The summed E-state index contributed by atoms with van der Waals surface area (Å²) in [6.45, 7) is 0.683. The number of ether oxygens (including phenoxy) is 1. The minimum Gasteiger partial charge on any atom is -0.454 e. The zero-order valence-electron chi connectivity index (χ0n) is 13.9. The van der Waals surface area contributed by atoms with Gasteiger partial charge >= 0.3 is 5.97 Å². The molecule has 134 valence electrons. The Kier molecular flexibility index (Phi) is 4.87. The van der Waals surface area contributed by atoms with E-state index in [0.717, 1.165) is 24.9 Å². The second-order valence-electron chi connectivity index (χ2n) is 5.89. The molecular weight excluding hydrogens is 354 g/mol. The molecule has 0 radical (unpaired) electrons. The Balaban J connectivity index is 1.40. The molecule has 1 saturated heterocycles. The van der Waals surface area contributed by atoms with E-state index in [0.29, 0.717) is 18.2 Å². The average Bonchev–Trinajstić information content (AvgIpc) is 3.38. The van der Waals surface area contributed by atoms with Crippen LogP contribution in [0.1, 0.15) is 25.2 Å². The monoisotopic (exact) mass is 371 g/mol. The van der Waals surface area contributed by atoms with Crippen LogP contribution in [0.4, 0.5) is 5.95 Å². The Morgan fingerprint density at radius 1 is 1.35 bits per heavy atom. The predicted molar refractivity (Wildman–Crippen MR) is 94.4 cm³/mol. The molecule has 3 aromatic heterocycles. The zero-order chi connectivity index (χ0) is 17.8. The summed E-state index contributed by atoms with van der Waals surface area (Å²) in [6, 6.07) is 3.26. The maximum atomic E-state index is 12.6. The van der Waals surface area contributed by atoms with Crippen LogP contribution in [-0.2, 0) is 16.1 Å². The average molecular weight is 371 g/mol. The smallest absolute Gasteiger partial charge is 0.329 e. The van der Waals surface area contributed by atoms with Crippen LogP contribution in [0, 0.1) is 0 Å². The first-order valence-corrected chi connectivity index (χ1v) is 9.31. The van der Waals surface area contributed by atoms with E-state index >= 15 is 0 Å². The largest absolute Gasteiger partial charge is 0.454 e. The van der Waals surface area contributed by atoms with Gasteiger partial charge in [0.15, 0.2) is 6.61 Å². The molecule has 0 spiro atoms. The second-order valence-corrected chi connectivity index (χ2v) is 6.67. The Hall–Kier alpha value is -2.81. The van der Waals surface area contributed by atoms with Crippen LogP contribution in [0.5, 0.6) is 0 Å². The van der Waals surface area contributed by atoms with Gasteiger partial charge in [0.25, 0.3) is 5.89 Å². The molecule has 0 saturated carbocycles. The molecule has 1 unspecified atom stereocenters. The Morgan fingerprint density at radius 3 is 3.04 bits per heavy atom. The highest BCUT2D eigenvalue weighted by Gasteiger charge is 2.32. The number of hydrogen-bond acceptors (Lipinski definition) is 9. The molecule has 1 atom stereocenters. The van der Waals surface area contributed by atoms with Gasteiger partial charge in [-0.2, -0.15) is 16.3 Å². The number of aromatic nitrogens is 4. The number of carbonyl (C=O) groups is 1. The summed E-state index contributed by atoms with van der Waals surface area (Å²) in [7, 11) is 0. The highest BCUT2D eigenvalue weighted by atomic mass is 32.1. The fraction of sp³-hybridized carbons (Fsp3) is 0.353. The molecule has 26 heavy (non-hydrogen) atoms. The van der Waals surface area contributed by atoms with Gasteiger partial charge in [-0.3, -0.25) is 0 Å². The third-order valence-corrected chi connectivity index (χ3v) is 4.85.